The molecule has 0 amide bonds. The molecule has 1 unspecified atom stereocenters. The number of nitrogens with zero attached hydrogens (tertiary/aromatic N) is 4. The van der Waals surface area contributed by atoms with E-state index in [1.165, 1.54) is 12.7 Å². The number of nitrogens with one attached hydrogen (secondary N) is 1. The Morgan fingerprint density at radius 3 is 3.36 bits per heavy atom. The first-order valence-corrected chi connectivity index (χ1v) is 3.92. The zero-order valence-electron chi connectivity index (χ0n) is 7.08. The van der Waals surface area contributed by atoms with Crippen LogP contribution in [0.25, 0.3) is 0 Å². The van der Waals surface area contributed by atoms with Crippen molar-refractivity contribution in [3.8, 4) is 0 Å². The van der Waals surface area contributed by atoms with E-state index < -0.39 is 5.97 Å². The molecule has 0 aromatic rings. The minimum atomic E-state index is -0.994. The average molecular weight is 193 g/mol. The van der Waals surface area contributed by atoms with Crippen LogP contribution in [0.5, 0.6) is 0 Å². The van der Waals surface area contributed by atoms with E-state index >= 15 is 0 Å². The summed E-state index contributed by atoms with van der Waals surface area (Å²) in [6, 6.07) is -0.362. The van der Waals surface area contributed by atoms with E-state index in [9.17, 15) is 4.79 Å². The van der Waals surface area contributed by atoms with Crippen molar-refractivity contribution in [2.24, 2.45) is 20.0 Å². The van der Waals surface area contributed by atoms with Crippen molar-refractivity contribution in [3.05, 3.63) is 0 Å². The van der Waals surface area contributed by atoms with Gasteiger partial charge in [-0.05, 0) is 0 Å². The van der Waals surface area contributed by atoms with Gasteiger partial charge in [-0.2, -0.15) is 0 Å². The molecule has 0 bridgehead atoms. The second-order valence-corrected chi connectivity index (χ2v) is 2.65. The molecule has 0 aromatic carbocycles. The molecule has 2 aliphatic heterocycles. The lowest BCUT2D eigenvalue weighted by Crippen LogP contribution is -2.40. The van der Waals surface area contributed by atoms with Crippen LogP contribution < -0.4 is 5.32 Å². The van der Waals surface area contributed by atoms with E-state index in [0.717, 1.165) is 0 Å². The van der Waals surface area contributed by atoms with Crippen LogP contribution in [0.15, 0.2) is 20.0 Å². The van der Waals surface area contributed by atoms with E-state index in [4.69, 9.17) is 5.11 Å². The lowest BCUT2D eigenvalue weighted by atomic mass is 10.2. The first-order chi connectivity index (χ1) is 6.77. The number of carbonyl (C=O) groups is 1. The molecule has 2 heterocycles. The predicted octanol–water partition coefficient (Wildman–Crippen LogP) is -1.09. The third-order valence-corrected chi connectivity index (χ3v) is 1.70. The van der Waals surface area contributed by atoms with Gasteiger partial charge in [-0.25, -0.2) is 9.98 Å². The monoisotopic (exact) mass is 193 g/mol. The van der Waals surface area contributed by atoms with Crippen LogP contribution in [-0.4, -0.2) is 48.0 Å². The summed E-state index contributed by atoms with van der Waals surface area (Å²) in [5, 5.41) is 11.2. The first kappa shape index (κ1) is 8.54. The number of aliphatic carboxylic acids is 1. The Labute approximate surface area is 79.0 Å². The number of aliphatic imine (C=N–C) groups is 4. The molecule has 2 N–H and O–H groups in total. The fraction of sp³-hybridized carbons (Fsp3) is 0.286. The van der Waals surface area contributed by atoms with E-state index in [0.29, 0.717) is 11.7 Å². The molecular weight excluding hydrogens is 186 g/mol. The zero-order valence-corrected chi connectivity index (χ0v) is 7.08. The minimum Gasteiger partial charge on any atom is -0.480 e. The number of hydrogen-bond donors (Lipinski definition) is 2. The van der Waals surface area contributed by atoms with Gasteiger partial charge in [-0.3, -0.25) is 14.8 Å². The highest BCUT2D eigenvalue weighted by Crippen LogP contribution is 2.06. The van der Waals surface area contributed by atoms with Gasteiger partial charge < -0.3 is 10.4 Å². The fourth-order valence-corrected chi connectivity index (χ4v) is 1.12. The largest absolute Gasteiger partial charge is 0.480 e. The molecule has 72 valence electrons. The normalized spacial score (nSPS) is 25.9. The number of carboxylic acid groups (broad SMARTS) is 1. The van der Waals surface area contributed by atoms with Gasteiger partial charge in [0.2, 0.25) is 0 Å². The van der Waals surface area contributed by atoms with E-state index in [2.05, 4.69) is 25.3 Å². The lowest BCUT2D eigenvalue weighted by Gasteiger charge is -2.14. The molecule has 2 rings (SSSR count). The Bertz CT molecular complexity index is 382. The number of rotatable bonds is 2. The summed E-state index contributed by atoms with van der Waals surface area (Å²) in [4.78, 5) is 25.9. The third-order valence-electron chi connectivity index (χ3n) is 1.70. The zero-order chi connectivity index (χ0) is 9.97. The van der Waals surface area contributed by atoms with Crippen LogP contribution >= 0.6 is 0 Å². The Morgan fingerprint density at radius 2 is 2.57 bits per heavy atom. The summed E-state index contributed by atoms with van der Waals surface area (Å²) in [5.41, 5.74) is 0. The van der Waals surface area contributed by atoms with E-state index in [1.807, 2.05) is 0 Å². The summed E-state index contributed by atoms with van der Waals surface area (Å²) in [7, 11) is 0. The van der Waals surface area contributed by atoms with Crippen molar-refractivity contribution in [1.82, 2.24) is 5.32 Å². The van der Waals surface area contributed by atoms with Crippen LogP contribution in [-0.2, 0) is 4.79 Å². The summed E-state index contributed by atoms with van der Waals surface area (Å²) in [5.74, 6) is 0.00878. The maximum Gasteiger partial charge on any atom is 0.325 e. The molecule has 0 spiro atoms. The molecule has 7 nitrogen and oxygen atoms in total. The molecule has 14 heavy (non-hydrogen) atoms. The van der Waals surface area contributed by atoms with Crippen LogP contribution in [0.1, 0.15) is 0 Å². The number of carboxylic acids is 1. The first-order valence-electron chi connectivity index (χ1n) is 3.92. The summed E-state index contributed by atoms with van der Waals surface area (Å²) >= 11 is 0. The molecule has 0 fully saturated rings. The molecule has 2 aliphatic rings. The van der Waals surface area contributed by atoms with Gasteiger partial charge >= 0.3 is 5.97 Å². The second kappa shape index (κ2) is 3.36. The fourth-order valence-electron chi connectivity index (χ4n) is 1.12. The molecule has 0 aromatic heterocycles. The SMILES string of the molecule is O=C(O)CN=C1N=CNC2=NC=NC12. The predicted molar refractivity (Wildman–Crippen MR) is 51.3 cm³/mol. The molecular formula is C7H7N5O2. The van der Waals surface area contributed by atoms with Crippen molar-refractivity contribution < 1.29 is 9.90 Å². The van der Waals surface area contributed by atoms with Crippen LogP contribution in [0.4, 0.5) is 0 Å². The molecule has 1 atom stereocenters. The molecule has 0 aliphatic carbocycles. The Balaban J connectivity index is 2.18. The van der Waals surface area contributed by atoms with Crippen molar-refractivity contribution in [2.45, 2.75) is 6.04 Å². The Kier molecular flexibility index (Phi) is 2.05. The van der Waals surface area contributed by atoms with Gasteiger partial charge in [-0.15, -0.1) is 0 Å². The van der Waals surface area contributed by atoms with Crippen LogP contribution in [0, 0.1) is 0 Å². The Hall–Kier alpha value is -2.05. The second-order valence-electron chi connectivity index (χ2n) is 2.65. The Morgan fingerprint density at radius 1 is 1.71 bits per heavy atom. The lowest BCUT2D eigenvalue weighted by molar-refractivity contribution is -0.135. The standard InChI is InChI=1S/C7H7N5O2/c13-4(14)1-8-6-5-7(10-2-9-5)12-3-11-6/h2-3,5H,1H2,(H,13,14)(H,8,9,10,11,12). The van der Waals surface area contributed by atoms with E-state index in [1.54, 1.807) is 0 Å². The minimum absolute atomic E-state index is 0.300. The molecule has 7 heteroatoms. The molecule has 0 saturated heterocycles. The maximum atomic E-state index is 10.3. The number of amidine groups is 2. The van der Waals surface area contributed by atoms with Gasteiger partial charge in [0.05, 0.1) is 6.34 Å². The van der Waals surface area contributed by atoms with Gasteiger partial charge in [0.1, 0.15) is 18.7 Å². The van der Waals surface area contributed by atoms with Crippen LogP contribution in [0.3, 0.4) is 0 Å². The number of fused-ring (bicyclic) bond motifs is 1. The summed E-state index contributed by atoms with van der Waals surface area (Å²) in [6.07, 6.45) is 2.82. The number of hydrogen-bond acceptors (Lipinski definition) is 5. The molecule has 0 saturated carbocycles. The third kappa shape index (κ3) is 1.51. The highest BCUT2D eigenvalue weighted by molar-refractivity contribution is 6.21. The maximum absolute atomic E-state index is 10.3. The average Bonchev–Trinajstić information content (AvgIpc) is 2.62. The molecule has 0 radical (unpaired) electrons. The van der Waals surface area contributed by atoms with Gasteiger partial charge in [0.15, 0.2) is 11.9 Å². The van der Waals surface area contributed by atoms with Crippen LogP contribution in [0.2, 0.25) is 0 Å². The van der Waals surface area contributed by atoms with Crippen molar-refractivity contribution >= 4 is 30.3 Å². The summed E-state index contributed by atoms with van der Waals surface area (Å²) < 4.78 is 0. The van der Waals surface area contributed by atoms with E-state index in [-0.39, 0.29) is 12.6 Å². The van der Waals surface area contributed by atoms with Gasteiger partial charge in [0.25, 0.3) is 0 Å². The van der Waals surface area contributed by atoms with Crippen molar-refractivity contribution in [1.29, 1.82) is 0 Å². The highest BCUT2D eigenvalue weighted by atomic mass is 16.4. The summed E-state index contributed by atoms with van der Waals surface area (Å²) in [6.45, 7) is -0.300. The topological polar surface area (TPSA) is 98.8 Å². The smallest absolute Gasteiger partial charge is 0.325 e. The van der Waals surface area contributed by atoms with Crippen molar-refractivity contribution in [2.75, 3.05) is 6.54 Å². The highest BCUT2D eigenvalue weighted by Gasteiger charge is 2.26. The van der Waals surface area contributed by atoms with Gasteiger partial charge in [0, 0.05) is 0 Å². The van der Waals surface area contributed by atoms with Gasteiger partial charge in [-0.1, -0.05) is 0 Å². The quantitative estimate of drug-likeness (QED) is 0.582. The van der Waals surface area contributed by atoms with Crippen molar-refractivity contribution in [3.63, 3.8) is 0 Å².